The highest BCUT2D eigenvalue weighted by Crippen LogP contribution is 2.21. The predicted octanol–water partition coefficient (Wildman–Crippen LogP) is 3.58. The van der Waals surface area contributed by atoms with Crippen LogP contribution in [0.4, 0.5) is 0 Å². The second-order valence-electron chi connectivity index (χ2n) is 5.81. The molecule has 2 N–H and O–H groups in total. The molecule has 0 aromatic heterocycles. The Morgan fingerprint density at radius 3 is 2.41 bits per heavy atom. The molecule has 0 radical (unpaired) electrons. The Bertz CT molecular complexity index is 519. The van der Waals surface area contributed by atoms with E-state index in [1.807, 2.05) is 38.1 Å². The molecule has 122 valence electrons. The molecular weight excluding hydrogens is 322 g/mol. The number of rotatable bonds is 8. The third kappa shape index (κ3) is 6.28. The van der Waals surface area contributed by atoms with Gasteiger partial charge in [0.15, 0.2) is 0 Å². The first-order valence-electron chi connectivity index (χ1n) is 7.08. The summed E-state index contributed by atoms with van der Waals surface area (Å²) in [6.45, 7) is 5.59. The highest BCUT2D eigenvalue weighted by atomic mass is 35.5. The Balaban J connectivity index is 2.47. The van der Waals surface area contributed by atoms with Crippen LogP contribution in [-0.2, 0) is 15.3 Å². The number of carbonyl (C=O) groups excluding carboxylic acids is 1. The lowest BCUT2D eigenvalue weighted by Gasteiger charge is -2.33. The molecule has 0 fully saturated rings. The van der Waals surface area contributed by atoms with Crippen molar-refractivity contribution in [3.8, 4) is 0 Å². The van der Waals surface area contributed by atoms with E-state index in [-0.39, 0.29) is 18.2 Å². The van der Waals surface area contributed by atoms with Crippen LogP contribution in [0, 0.1) is 5.92 Å². The van der Waals surface area contributed by atoms with Gasteiger partial charge in [-0.15, -0.1) is 11.8 Å². The molecule has 4 nitrogen and oxygen atoms in total. The maximum absolute atomic E-state index is 12.0. The molecule has 1 unspecified atom stereocenters. The normalized spacial score (nSPS) is 13.7. The Morgan fingerprint density at radius 1 is 1.32 bits per heavy atom. The van der Waals surface area contributed by atoms with Crippen molar-refractivity contribution in [2.75, 3.05) is 5.75 Å². The van der Waals surface area contributed by atoms with Crippen LogP contribution < -0.4 is 5.32 Å². The Labute approximate surface area is 140 Å². The molecule has 0 heterocycles. The van der Waals surface area contributed by atoms with Crippen LogP contribution in [0.5, 0.6) is 0 Å². The lowest BCUT2D eigenvalue weighted by Crippen LogP contribution is -2.51. The number of halogens is 1. The molecule has 1 atom stereocenters. The van der Waals surface area contributed by atoms with Crippen molar-refractivity contribution in [1.29, 1.82) is 0 Å². The second-order valence-corrected chi connectivity index (χ2v) is 7.23. The van der Waals surface area contributed by atoms with Gasteiger partial charge in [0.25, 0.3) is 0 Å². The largest absolute Gasteiger partial charge is 0.481 e. The van der Waals surface area contributed by atoms with Crippen LogP contribution in [-0.4, -0.2) is 28.3 Å². The van der Waals surface area contributed by atoms with E-state index in [0.717, 1.165) is 5.56 Å². The van der Waals surface area contributed by atoms with Crippen LogP contribution in [0.3, 0.4) is 0 Å². The maximum atomic E-state index is 12.0. The van der Waals surface area contributed by atoms with Crippen molar-refractivity contribution in [2.24, 2.45) is 5.92 Å². The SMILES string of the molecule is CC(C)C(C)(CC(=O)O)NC(=O)CSCc1ccc(Cl)cc1. The van der Waals surface area contributed by atoms with Crippen molar-refractivity contribution < 1.29 is 14.7 Å². The number of amides is 1. The summed E-state index contributed by atoms with van der Waals surface area (Å²) in [5.41, 5.74) is 0.364. The minimum atomic E-state index is -0.912. The van der Waals surface area contributed by atoms with Gasteiger partial charge in [0.2, 0.25) is 5.91 Å². The van der Waals surface area contributed by atoms with Gasteiger partial charge in [0.1, 0.15) is 0 Å². The molecule has 1 aromatic carbocycles. The minimum absolute atomic E-state index is 0.0359. The van der Waals surface area contributed by atoms with E-state index in [4.69, 9.17) is 16.7 Å². The van der Waals surface area contributed by atoms with Crippen molar-refractivity contribution in [2.45, 2.75) is 38.5 Å². The van der Waals surface area contributed by atoms with Crippen molar-refractivity contribution in [1.82, 2.24) is 5.32 Å². The molecule has 6 heteroatoms. The fourth-order valence-electron chi connectivity index (χ4n) is 1.90. The molecule has 0 saturated carbocycles. The first-order valence-corrected chi connectivity index (χ1v) is 8.61. The summed E-state index contributed by atoms with van der Waals surface area (Å²) >= 11 is 7.31. The fourth-order valence-corrected chi connectivity index (χ4v) is 2.82. The smallest absolute Gasteiger partial charge is 0.305 e. The third-order valence-corrected chi connectivity index (χ3v) is 4.89. The minimum Gasteiger partial charge on any atom is -0.481 e. The van der Waals surface area contributed by atoms with E-state index in [1.165, 1.54) is 11.8 Å². The maximum Gasteiger partial charge on any atom is 0.305 e. The van der Waals surface area contributed by atoms with Gasteiger partial charge in [-0.25, -0.2) is 0 Å². The summed E-state index contributed by atoms with van der Waals surface area (Å²) in [4.78, 5) is 23.0. The van der Waals surface area contributed by atoms with Crippen molar-refractivity contribution >= 4 is 35.2 Å². The van der Waals surface area contributed by atoms with Crippen molar-refractivity contribution in [3.63, 3.8) is 0 Å². The van der Waals surface area contributed by atoms with E-state index < -0.39 is 11.5 Å². The lowest BCUT2D eigenvalue weighted by atomic mass is 9.85. The molecule has 0 spiro atoms. The molecule has 1 aromatic rings. The molecule has 0 aliphatic carbocycles. The van der Waals surface area contributed by atoms with Crippen LogP contribution >= 0.6 is 23.4 Å². The molecular formula is C16H22ClNO3S. The van der Waals surface area contributed by atoms with Crippen LogP contribution in [0.15, 0.2) is 24.3 Å². The number of nitrogens with one attached hydrogen (secondary N) is 1. The summed E-state index contributed by atoms with van der Waals surface area (Å²) < 4.78 is 0. The summed E-state index contributed by atoms with van der Waals surface area (Å²) in [6, 6.07) is 7.49. The van der Waals surface area contributed by atoms with E-state index in [2.05, 4.69) is 5.32 Å². The van der Waals surface area contributed by atoms with Gasteiger partial charge in [-0.05, 0) is 30.5 Å². The van der Waals surface area contributed by atoms with Crippen molar-refractivity contribution in [3.05, 3.63) is 34.9 Å². The zero-order valence-electron chi connectivity index (χ0n) is 13.1. The Morgan fingerprint density at radius 2 is 1.91 bits per heavy atom. The lowest BCUT2D eigenvalue weighted by molar-refractivity contribution is -0.139. The summed E-state index contributed by atoms with van der Waals surface area (Å²) in [6.07, 6.45) is -0.0851. The number of carboxylic acid groups (broad SMARTS) is 1. The van der Waals surface area contributed by atoms with Gasteiger partial charge in [-0.1, -0.05) is 37.6 Å². The van der Waals surface area contributed by atoms with E-state index in [0.29, 0.717) is 16.5 Å². The fraction of sp³-hybridized carbons (Fsp3) is 0.500. The van der Waals surface area contributed by atoms with E-state index in [1.54, 1.807) is 6.92 Å². The Hall–Kier alpha value is -1.20. The summed E-state index contributed by atoms with van der Waals surface area (Å²) in [5, 5.41) is 12.5. The highest BCUT2D eigenvalue weighted by molar-refractivity contribution is 7.99. The van der Waals surface area contributed by atoms with Gasteiger partial charge in [-0.3, -0.25) is 9.59 Å². The molecule has 0 aliphatic heterocycles. The van der Waals surface area contributed by atoms with Gasteiger partial charge in [0.05, 0.1) is 12.2 Å². The first kappa shape index (κ1) is 18.8. The molecule has 1 rings (SSSR count). The zero-order chi connectivity index (χ0) is 16.8. The molecule has 0 aliphatic rings. The van der Waals surface area contributed by atoms with Gasteiger partial charge >= 0.3 is 5.97 Å². The number of carbonyl (C=O) groups is 2. The number of hydrogen-bond acceptors (Lipinski definition) is 3. The average Bonchev–Trinajstić information content (AvgIpc) is 2.39. The van der Waals surface area contributed by atoms with E-state index in [9.17, 15) is 9.59 Å². The monoisotopic (exact) mass is 343 g/mol. The number of benzene rings is 1. The summed E-state index contributed by atoms with van der Waals surface area (Å²) in [5.74, 6) is -0.0116. The predicted molar refractivity (Wildman–Crippen MR) is 91.3 cm³/mol. The molecule has 0 bridgehead atoms. The average molecular weight is 344 g/mol. The summed E-state index contributed by atoms with van der Waals surface area (Å²) in [7, 11) is 0. The molecule has 0 saturated heterocycles. The first-order chi connectivity index (χ1) is 10.2. The third-order valence-electron chi connectivity index (χ3n) is 3.63. The van der Waals surface area contributed by atoms with Crippen LogP contribution in [0.2, 0.25) is 5.02 Å². The standard InChI is InChI=1S/C16H22ClNO3S/c1-11(2)16(3,8-15(20)21)18-14(19)10-22-9-12-4-6-13(17)7-5-12/h4-7,11H,8-10H2,1-3H3,(H,18,19)(H,20,21). The van der Waals surface area contributed by atoms with Gasteiger partial charge in [0, 0.05) is 16.3 Å². The highest BCUT2D eigenvalue weighted by Gasteiger charge is 2.32. The van der Waals surface area contributed by atoms with Crippen LogP contribution in [0.1, 0.15) is 32.8 Å². The number of hydrogen-bond donors (Lipinski definition) is 2. The molecule has 1 amide bonds. The topological polar surface area (TPSA) is 66.4 Å². The van der Waals surface area contributed by atoms with E-state index >= 15 is 0 Å². The zero-order valence-corrected chi connectivity index (χ0v) is 14.6. The number of thioether (sulfide) groups is 1. The van der Waals surface area contributed by atoms with Crippen LogP contribution in [0.25, 0.3) is 0 Å². The molecule has 22 heavy (non-hydrogen) atoms. The Kier molecular flexibility index (Phi) is 7.23. The second kappa shape index (κ2) is 8.44. The number of aliphatic carboxylic acids is 1. The van der Waals surface area contributed by atoms with Gasteiger partial charge < -0.3 is 10.4 Å². The quantitative estimate of drug-likeness (QED) is 0.757. The van der Waals surface area contributed by atoms with Gasteiger partial charge in [-0.2, -0.15) is 0 Å². The number of carboxylic acids is 1.